The first-order valence-electron chi connectivity index (χ1n) is 8.78. The molecule has 0 unspecified atom stereocenters. The second-order valence-electron chi connectivity index (χ2n) is 6.05. The molecule has 0 aliphatic heterocycles. The Hall–Kier alpha value is -1.62. The van der Waals surface area contributed by atoms with Crippen LogP contribution < -0.4 is 5.32 Å². The molecule has 0 atom stereocenters. The van der Waals surface area contributed by atoms with E-state index in [1.807, 2.05) is 0 Å². The summed E-state index contributed by atoms with van der Waals surface area (Å²) in [5, 5.41) is 13.6. The summed E-state index contributed by atoms with van der Waals surface area (Å²) in [5.74, 6) is -0.116. The number of rotatable bonds is 12. The summed E-state index contributed by atoms with van der Waals surface area (Å²) in [6.07, 6.45) is 11.2. The summed E-state index contributed by atoms with van der Waals surface area (Å²) in [5.41, 5.74) is 0.213. The summed E-state index contributed by atoms with van der Waals surface area (Å²) < 4.78 is 0. The van der Waals surface area contributed by atoms with E-state index in [4.69, 9.17) is 11.6 Å². The maximum atomic E-state index is 11.9. The van der Waals surface area contributed by atoms with Crippen LogP contribution >= 0.6 is 11.6 Å². The lowest BCUT2D eigenvalue weighted by molar-refractivity contribution is -0.384. The van der Waals surface area contributed by atoms with Gasteiger partial charge in [-0.1, -0.05) is 69.9 Å². The number of nitro groups is 1. The van der Waals surface area contributed by atoms with Gasteiger partial charge in [-0.05, 0) is 18.6 Å². The zero-order valence-electron chi connectivity index (χ0n) is 14.4. The highest BCUT2D eigenvalue weighted by atomic mass is 35.5. The average molecular weight is 355 g/mol. The Bertz CT molecular complexity index is 535. The van der Waals surface area contributed by atoms with E-state index in [2.05, 4.69) is 12.2 Å². The molecule has 1 rings (SSSR count). The normalized spacial score (nSPS) is 10.6. The van der Waals surface area contributed by atoms with Gasteiger partial charge in [-0.2, -0.15) is 0 Å². The highest BCUT2D eigenvalue weighted by Crippen LogP contribution is 2.27. The molecule has 0 aliphatic carbocycles. The number of halogens is 1. The van der Waals surface area contributed by atoms with E-state index in [1.165, 1.54) is 50.7 Å². The maximum Gasteiger partial charge on any atom is 0.289 e. The molecule has 0 radical (unpaired) electrons. The van der Waals surface area contributed by atoms with E-state index >= 15 is 0 Å². The van der Waals surface area contributed by atoms with Gasteiger partial charge in [0.25, 0.3) is 5.69 Å². The number of benzene rings is 1. The van der Waals surface area contributed by atoms with Gasteiger partial charge in [-0.15, -0.1) is 0 Å². The van der Waals surface area contributed by atoms with Crippen molar-refractivity contribution in [1.29, 1.82) is 0 Å². The number of nitrogens with zero attached hydrogens (tertiary/aromatic N) is 1. The van der Waals surface area contributed by atoms with Gasteiger partial charge in [0.2, 0.25) is 5.91 Å². The van der Waals surface area contributed by atoms with Crippen molar-refractivity contribution < 1.29 is 9.72 Å². The summed E-state index contributed by atoms with van der Waals surface area (Å²) in [6, 6.07) is 4.29. The molecule has 0 aliphatic rings. The lowest BCUT2D eigenvalue weighted by Gasteiger charge is -2.06. The highest BCUT2D eigenvalue weighted by Gasteiger charge is 2.13. The summed E-state index contributed by atoms with van der Waals surface area (Å²) in [4.78, 5) is 22.1. The molecular weight excluding hydrogens is 328 g/mol. The molecule has 5 nitrogen and oxygen atoms in total. The number of amides is 1. The van der Waals surface area contributed by atoms with E-state index in [1.54, 1.807) is 6.07 Å². The number of carbonyl (C=O) groups is 1. The molecule has 6 heteroatoms. The monoisotopic (exact) mass is 354 g/mol. The Morgan fingerprint density at radius 1 is 1.08 bits per heavy atom. The molecule has 24 heavy (non-hydrogen) atoms. The predicted octanol–water partition coefficient (Wildman–Crippen LogP) is 6.11. The molecule has 1 aromatic carbocycles. The van der Waals surface area contributed by atoms with Crippen molar-refractivity contribution in [2.45, 2.75) is 71.1 Å². The van der Waals surface area contributed by atoms with Crippen LogP contribution in [-0.2, 0) is 4.79 Å². The first kappa shape index (κ1) is 20.4. The minimum atomic E-state index is -0.557. The first-order valence-corrected chi connectivity index (χ1v) is 9.16. The van der Waals surface area contributed by atoms with Gasteiger partial charge >= 0.3 is 0 Å². The Morgan fingerprint density at radius 2 is 1.67 bits per heavy atom. The van der Waals surface area contributed by atoms with Crippen molar-refractivity contribution in [3.63, 3.8) is 0 Å². The Labute approximate surface area is 148 Å². The molecule has 1 aromatic rings. The van der Waals surface area contributed by atoms with E-state index in [9.17, 15) is 14.9 Å². The van der Waals surface area contributed by atoms with E-state index in [-0.39, 0.29) is 16.6 Å². The van der Waals surface area contributed by atoms with Gasteiger partial charge < -0.3 is 5.32 Å². The third kappa shape index (κ3) is 8.29. The lowest BCUT2D eigenvalue weighted by atomic mass is 10.1. The molecule has 1 N–H and O–H groups in total. The van der Waals surface area contributed by atoms with Crippen LogP contribution in [0, 0.1) is 10.1 Å². The molecule has 0 spiro atoms. The SMILES string of the molecule is CCCCCCCCCCCC(=O)Nc1ccc(Cl)c([N+](=O)[O-])c1. The standard InChI is InChI=1S/C18H27ClN2O3/c1-2-3-4-5-6-7-8-9-10-11-18(22)20-15-12-13-16(19)17(14-15)21(23)24/h12-14H,2-11H2,1H3,(H,20,22). The summed E-state index contributed by atoms with van der Waals surface area (Å²) in [6.45, 7) is 2.22. The lowest BCUT2D eigenvalue weighted by Crippen LogP contribution is -2.11. The van der Waals surface area contributed by atoms with Gasteiger partial charge in [0.15, 0.2) is 0 Å². The fourth-order valence-corrected chi connectivity index (χ4v) is 2.74. The number of hydrogen-bond donors (Lipinski definition) is 1. The molecule has 0 fully saturated rings. The van der Waals surface area contributed by atoms with E-state index < -0.39 is 4.92 Å². The van der Waals surface area contributed by atoms with Gasteiger partial charge in [0.1, 0.15) is 5.02 Å². The number of anilines is 1. The van der Waals surface area contributed by atoms with E-state index in [0.717, 1.165) is 19.3 Å². The fraction of sp³-hybridized carbons (Fsp3) is 0.611. The van der Waals surface area contributed by atoms with Crippen molar-refractivity contribution in [3.05, 3.63) is 33.3 Å². The minimum absolute atomic E-state index is 0.0666. The smallest absolute Gasteiger partial charge is 0.289 e. The number of carbonyl (C=O) groups excluding carboxylic acids is 1. The van der Waals surface area contributed by atoms with Crippen LogP contribution in [0.1, 0.15) is 71.1 Å². The van der Waals surface area contributed by atoms with Crippen molar-refractivity contribution >= 4 is 28.9 Å². The molecule has 0 saturated carbocycles. The van der Waals surface area contributed by atoms with Crippen LogP contribution in [0.15, 0.2) is 18.2 Å². The maximum absolute atomic E-state index is 11.9. The molecule has 1 amide bonds. The molecule has 0 aromatic heterocycles. The van der Waals surface area contributed by atoms with Crippen molar-refractivity contribution in [2.24, 2.45) is 0 Å². The number of unbranched alkanes of at least 4 members (excludes halogenated alkanes) is 8. The number of hydrogen-bond acceptors (Lipinski definition) is 3. The van der Waals surface area contributed by atoms with Crippen LogP contribution in [0.25, 0.3) is 0 Å². The molecule has 0 saturated heterocycles. The van der Waals surface area contributed by atoms with Gasteiger partial charge in [0.05, 0.1) is 4.92 Å². The largest absolute Gasteiger partial charge is 0.326 e. The summed E-state index contributed by atoms with van der Waals surface area (Å²) in [7, 11) is 0. The van der Waals surface area contributed by atoms with Crippen LogP contribution in [0.5, 0.6) is 0 Å². The van der Waals surface area contributed by atoms with Gasteiger partial charge in [-0.25, -0.2) is 0 Å². The molecular formula is C18H27ClN2O3. The second-order valence-corrected chi connectivity index (χ2v) is 6.46. The Balaban J connectivity index is 2.18. The van der Waals surface area contributed by atoms with Gasteiger partial charge in [-0.3, -0.25) is 14.9 Å². The van der Waals surface area contributed by atoms with Crippen molar-refractivity contribution in [1.82, 2.24) is 0 Å². The number of nitrogens with one attached hydrogen (secondary N) is 1. The third-order valence-corrected chi connectivity index (χ3v) is 4.25. The third-order valence-electron chi connectivity index (χ3n) is 3.93. The average Bonchev–Trinajstić information content (AvgIpc) is 2.55. The van der Waals surface area contributed by atoms with Gasteiger partial charge in [0, 0.05) is 18.2 Å². The summed E-state index contributed by atoms with van der Waals surface area (Å²) >= 11 is 5.75. The second kappa shape index (κ2) is 11.8. The Morgan fingerprint density at radius 3 is 2.25 bits per heavy atom. The molecule has 134 valence electrons. The topological polar surface area (TPSA) is 72.2 Å². The van der Waals surface area contributed by atoms with Crippen LogP contribution in [0.3, 0.4) is 0 Å². The Kier molecular flexibility index (Phi) is 10.1. The van der Waals surface area contributed by atoms with Crippen LogP contribution in [-0.4, -0.2) is 10.8 Å². The number of nitro benzene ring substituents is 1. The van der Waals surface area contributed by atoms with Crippen LogP contribution in [0.2, 0.25) is 5.02 Å². The first-order chi connectivity index (χ1) is 11.5. The zero-order valence-corrected chi connectivity index (χ0v) is 15.1. The quantitative estimate of drug-likeness (QED) is 0.279. The van der Waals surface area contributed by atoms with Crippen molar-refractivity contribution in [3.8, 4) is 0 Å². The zero-order chi connectivity index (χ0) is 17.8. The predicted molar refractivity (Wildman–Crippen MR) is 98.6 cm³/mol. The van der Waals surface area contributed by atoms with Crippen LogP contribution in [0.4, 0.5) is 11.4 Å². The molecule has 0 heterocycles. The van der Waals surface area contributed by atoms with Crippen molar-refractivity contribution in [2.75, 3.05) is 5.32 Å². The molecule has 0 bridgehead atoms. The fourth-order valence-electron chi connectivity index (χ4n) is 2.55. The highest BCUT2D eigenvalue weighted by molar-refractivity contribution is 6.32. The van der Waals surface area contributed by atoms with E-state index in [0.29, 0.717) is 12.1 Å². The minimum Gasteiger partial charge on any atom is -0.326 e.